The Balaban J connectivity index is 1.75. The van der Waals surface area contributed by atoms with Gasteiger partial charge in [0.1, 0.15) is 17.1 Å². The molecule has 12 heteroatoms. The average molecular weight is 542 g/mol. The van der Waals surface area contributed by atoms with Crippen LogP contribution in [0.2, 0.25) is 0 Å². The molecule has 7 nitrogen and oxygen atoms in total. The summed E-state index contributed by atoms with van der Waals surface area (Å²) in [5, 5.41) is 13.1. The molecule has 0 saturated heterocycles. The number of anilines is 1. The predicted molar refractivity (Wildman–Crippen MR) is 129 cm³/mol. The third-order valence-electron chi connectivity index (χ3n) is 5.41. The van der Waals surface area contributed by atoms with E-state index in [0.29, 0.717) is 12.1 Å². The number of amides is 1. The molecule has 0 spiro atoms. The Labute approximate surface area is 216 Å². The molecule has 0 fully saturated rings. The minimum Gasteiger partial charge on any atom is -0.453 e. The van der Waals surface area contributed by atoms with Crippen LogP contribution in [-0.4, -0.2) is 16.6 Å². The standard InChI is InChI=1S/C27H15F5N2O5/c28-16-8-6-15(7-9-16)24(35)19-11-12-20(25(23(19)29)39-18-4-2-1-3-5-18)26(36)33-17-10-13-22(34(37)38)21(14-17)27(30,31)32/h1-14H,(H,33,36). The third-order valence-corrected chi connectivity index (χ3v) is 5.41. The summed E-state index contributed by atoms with van der Waals surface area (Å²) in [4.78, 5) is 35.7. The number of carbonyl (C=O) groups is 2. The number of hydrogen-bond acceptors (Lipinski definition) is 5. The van der Waals surface area contributed by atoms with E-state index in [1.165, 1.54) is 12.1 Å². The summed E-state index contributed by atoms with van der Waals surface area (Å²) in [7, 11) is 0. The van der Waals surface area contributed by atoms with Crippen molar-refractivity contribution in [2.24, 2.45) is 0 Å². The van der Waals surface area contributed by atoms with Crippen LogP contribution in [0.25, 0.3) is 0 Å². The quantitative estimate of drug-likeness (QED) is 0.116. The first-order valence-corrected chi connectivity index (χ1v) is 11.0. The molecule has 0 aliphatic heterocycles. The van der Waals surface area contributed by atoms with Gasteiger partial charge in [0, 0.05) is 17.3 Å². The van der Waals surface area contributed by atoms with Crippen molar-refractivity contribution in [3.05, 3.63) is 129 Å². The van der Waals surface area contributed by atoms with Gasteiger partial charge in [0.25, 0.3) is 11.6 Å². The van der Waals surface area contributed by atoms with E-state index in [2.05, 4.69) is 5.32 Å². The van der Waals surface area contributed by atoms with E-state index in [0.717, 1.165) is 42.5 Å². The zero-order valence-corrected chi connectivity index (χ0v) is 19.5. The zero-order chi connectivity index (χ0) is 28.3. The fourth-order valence-electron chi connectivity index (χ4n) is 3.57. The Morgan fingerprint density at radius 3 is 2.10 bits per heavy atom. The average Bonchev–Trinajstić information content (AvgIpc) is 2.89. The summed E-state index contributed by atoms with van der Waals surface area (Å²) >= 11 is 0. The second-order valence-electron chi connectivity index (χ2n) is 8.00. The van der Waals surface area contributed by atoms with Gasteiger partial charge < -0.3 is 10.1 Å². The molecule has 39 heavy (non-hydrogen) atoms. The normalized spacial score (nSPS) is 11.1. The third kappa shape index (κ3) is 5.90. The van der Waals surface area contributed by atoms with Crippen LogP contribution in [0.5, 0.6) is 11.5 Å². The maximum Gasteiger partial charge on any atom is 0.423 e. The molecule has 0 aromatic heterocycles. The molecule has 0 heterocycles. The van der Waals surface area contributed by atoms with Gasteiger partial charge in [-0.15, -0.1) is 0 Å². The Kier molecular flexibility index (Phi) is 7.38. The van der Waals surface area contributed by atoms with Gasteiger partial charge in [-0.3, -0.25) is 19.7 Å². The number of nitro benzene ring substituents is 1. The van der Waals surface area contributed by atoms with Gasteiger partial charge in [0.05, 0.1) is 16.1 Å². The number of hydrogen-bond donors (Lipinski definition) is 1. The van der Waals surface area contributed by atoms with E-state index in [9.17, 15) is 37.3 Å². The number of benzene rings is 4. The first kappa shape index (κ1) is 26.9. The molecule has 0 aliphatic carbocycles. The zero-order valence-electron chi connectivity index (χ0n) is 19.5. The number of para-hydroxylation sites is 1. The fourth-order valence-corrected chi connectivity index (χ4v) is 3.57. The van der Waals surface area contributed by atoms with Crippen molar-refractivity contribution in [1.82, 2.24) is 0 Å². The van der Waals surface area contributed by atoms with Crippen LogP contribution in [-0.2, 0) is 6.18 Å². The van der Waals surface area contributed by atoms with Crippen molar-refractivity contribution >= 4 is 23.1 Å². The molecule has 0 aliphatic rings. The molecule has 0 radical (unpaired) electrons. The van der Waals surface area contributed by atoms with Crippen molar-refractivity contribution in [2.45, 2.75) is 6.18 Å². The highest BCUT2D eigenvalue weighted by atomic mass is 19.4. The first-order chi connectivity index (χ1) is 18.5. The van der Waals surface area contributed by atoms with Crippen LogP contribution < -0.4 is 10.1 Å². The van der Waals surface area contributed by atoms with Crippen LogP contribution in [0.15, 0.2) is 84.9 Å². The molecule has 4 aromatic carbocycles. The van der Waals surface area contributed by atoms with Gasteiger partial charge in [0.15, 0.2) is 17.3 Å². The van der Waals surface area contributed by atoms with E-state index in [1.54, 1.807) is 18.2 Å². The van der Waals surface area contributed by atoms with Crippen molar-refractivity contribution in [1.29, 1.82) is 0 Å². The number of nitro groups is 1. The molecule has 4 rings (SSSR count). The van der Waals surface area contributed by atoms with Gasteiger partial charge >= 0.3 is 6.18 Å². The topological polar surface area (TPSA) is 98.5 Å². The van der Waals surface area contributed by atoms with Crippen LogP contribution in [0, 0.1) is 21.7 Å². The number of halogens is 5. The lowest BCUT2D eigenvalue weighted by Crippen LogP contribution is -2.17. The lowest BCUT2D eigenvalue weighted by atomic mass is 10.00. The highest BCUT2D eigenvalue weighted by Crippen LogP contribution is 2.38. The predicted octanol–water partition coefficient (Wildman–Crippen LogP) is 7.17. The number of nitrogens with one attached hydrogen (secondary N) is 1. The van der Waals surface area contributed by atoms with Crippen molar-refractivity contribution in [3.8, 4) is 11.5 Å². The summed E-state index contributed by atoms with van der Waals surface area (Å²) in [5.74, 6) is -4.46. The molecule has 4 aromatic rings. The Bertz CT molecular complexity index is 1570. The van der Waals surface area contributed by atoms with Crippen LogP contribution in [0.1, 0.15) is 31.8 Å². The number of carbonyl (C=O) groups excluding carboxylic acids is 2. The first-order valence-electron chi connectivity index (χ1n) is 11.0. The van der Waals surface area contributed by atoms with E-state index < -0.39 is 68.2 Å². The number of nitrogens with zero attached hydrogens (tertiary/aromatic N) is 1. The van der Waals surface area contributed by atoms with Gasteiger partial charge in [-0.25, -0.2) is 8.78 Å². The second-order valence-corrected chi connectivity index (χ2v) is 8.00. The molecule has 1 N–H and O–H groups in total. The summed E-state index contributed by atoms with van der Waals surface area (Å²) in [5.41, 5.74) is -4.34. The molecule has 0 atom stereocenters. The summed E-state index contributed by atoms with van der Waals surface area (Å²) in [6.45, 7) is 0. The molecular formula is C27H15F5N2O5. The minimum absolute atomic E-state index is 0.0521. The summed E-state index contributed by atoms with van der Waals surface area (Å²) < 4.78 is 74.5. The summed E-state index contributed by atoms with van der Waals surface area (Å²) in [6.07, 6.45) is -5.10. The Hall–Kier alpha value is -5.13. The number of ether oxygens (including phenoxy) is 1. The fraction of sp³-hybridized carbons (Fsp3) is 0.0370. The maximum absolute atomic E-state index is 15.7. The van der Waals surface area contributed by atoms with E-state index >= 15 is 4.39 Å². The van der Waals surface area contributed by atoms with Crippen molar-refractivity contribution in [2.75, 3.05) is 5.32 Å². The van der Waals surface area contributed by atoms with Gasteiger partial charge in [-0.1, -0.05) is 18.2 Å². The van der Waals surface area contributed by atoms with Crippen LogP contribution >= 0.6 is 0 Å². The van der Waals surface area contributed by atoms with E-state index in [1.807, 2.05) is 0 Å². The highest BCUT2D eigenvalue weighted by molar-refractivity contribution is 6.11. The molecular weight excluding hydrogens is 527 g/mol. The van der Waals surface area contributed by atoms with Crippen molar-refractivity contribution in [3.63, 3.8) is 0 Å². The molecule has 0 saturated carbocycles. The summed E-state index contributed by atoms with van der Waals surface area (Å²) in [6, 6.07) is 15.7. The van der Waals surface area contributed by atoms with Crippen LogP contribution in [0.4, 0.5) is 33.3 Å². The SMILES string of the molecule is O=C(c1ccc(F)cc1)c1ccc(C(=O)Nc2ccc([N+](=O)[O-])c(C(F)(F)F)c2)c(Oc2ccccc2)c1F. The monoisotopic (exact) mass is 542 g/mol. The van der Waals surface area contributed by atoms with Crippen LogP contribution in [0.3, 0.4) is 0 Å². The van der Waals surface area contributed by atoms with E-state index in [4.69, 9.17) is 4.74 Å². The number of rotatable bonds is 7. The van der Waals surface area contributed by atoms with Crippen molar-refractivity contribution < 1.29 is 41.2 Å². The number of alkyl halides is 3. The van der Waals surface area contributed by atoms with Gasteiger partial charge in [-0.2, -0.15) is 13.2 Å². The van der Waals surface area contributed by atoms with Gasteiger partial charge in [-0.05, 0) is 60.7 Å². The molecule has 1 amide bonds. The number of ketones is 1. The highest BCUT2D eigenvalue weighted by Gasteiger charge is 2.38. The molecule has 198 valence electrons. The maximum atomic E-state index is 15.7. The molecule has 0 bridgehead atoms. The second kappa shape index (κ2) is 10.7. The largest absolute Gasteiger partial charge is 0.453 e. The molecule has 0 unspecified atom stereocenters. The Morgan fingerprint density at radius 2 is 1.49 bits per heavy atom. The minimum atomic E-state index is -5.10. The Morgan fingerprint density at radius 1 is 0.846 bits per heavy atom. The van der Waals surface area contributed by atoms with E-state index in [-0.39, 0.29) is 11.3 Å². The smallest absolute Gasteiger partial charge is 0.423 e. The van der Waals surface area contributed by atoms with Gasteiger partial charge in [0.2, 0.25) is 0 Å². The lowest BCUT2D eigenvalue weighted by molar-refractivity contribution is -0.388. The lowest BCUT2D eigenvalue weighted by Gasteiger charge is -2.15.